The molecule has 6 heteroatoms. The summed E-state index contributed by atoms with van der Waals surface area (Å²) in [5, 5.41) is 9.13. The quantitative estimate of drug-likeness (QED) is 0.874. The molecule has 2 fully saturated rings. The largest absolute Gasteiger partial charge is 0.453 e. The van der Waals surface area contributed by atoms with Crippen LogP contribution in [0.3, 0.4) is 0 Å². The van der Waals surface area contributed by atoms with E-state index in [1.807, 2.05) is 9.80 Å². The third-order valence-corrected chi connectivity index (χ3v) is 5.70. The number of piperidine rings is 2. The maximum Gasteiger partial charge on any atom is 0.289 e. The van der Waals surface area contributed by atoms with Crippen molar-refractivity contribution in [3.05, 3.63) is 23.7 Å². The number of hydrogen-bond donors (Lipinski definition) is 1. The molecule has 2 aliphatic rings. The first-order valence-corrected chi connectivity index (χ1v) is 9.69. The molecule has 1 N–H and O–H groups in total. The Balaban J connectivity index is 1.68. The van der Waals surface area contributed by atoms with Crippen molar-refractivity contribution in [3.8, 4) is 0 Å². The summed E-state index contributed by atoms with van der Waals surface area (Å²) in [5.41, 5.74) is 0.00516. The fraction of sp³-hybridized carbons (Fsp3) is 0.700. The number of furan rings is 1. The van der Waals surface area contributed by atoms with Crippen molar-refractivity contribution in [2.45, 2.75) is 52.6 Å². The average molecular weight is 362 g/mol. The predicted molar refractivity (Wildman–Crippen MR) is 97.5 cm³/mol. The zero-order valence-corrected chi connectivity index (χ0v) is 15.9. The van der Waals surface area contributed by atoms with Crippen LogP contribution in [0.25, 0.3) is 0 Å². The molecule has 0 aliphatic carbocycles. The lowest BCUT2D eigenvalue weighted by atomic mass is 9.73. The van der Waals surface area contributed by atoms with Crippen LogP contribution in [0.1, 0.15) is 62.3 Å². The molecule has 3 rings (SSSR count). The van der Waals surface area contributed by atoms with Crippen molar-refractivity contribution in [1.29, 1.82) is 0 Å². The smallest absolute Gasteiger partial charge is 0.289 e. The summed E-state index contributed by atoms with van der Waals surface area (Å²) in [6.45, 7) is 7.10. The van der Waals surface area contributed by atoms with Gasteiger partial charge in [-0.2, -0.15) is 0 Å². The molecular weight excluding hydrogens is 332 g/mol. The fourth-order valence-corrected chi connectivity index (χ4v) is 4.17. The van der Waals surface area contributed by atoms with Crippen LogP contribution in [0.2, 0.25) is 0 Å². The summed E-state index contributed by atoms with van der Waals surface area (Å²) in [6.07, 6.45) is 4.46. The first-order chi connectivity index (χ1) is 12.4. The number of hydrogen-bond acceptors (Lipinski definition) is 4. The number of nitrogens with zero attached hydrogens (tertiary/aromatic N) is 2. The summed E-state index contributed by atoms with van der Waals surface area (Å²) in [4.78, 5) is 29.0. The maximum atomic E-state index is 12.8. The Morgan fingerprint density at radius 1 is 1.31 bits per heavy atom. The van der Waals surface area contributed by atoms with Crippen molar-refractivity contribution in [2.24, 2.45) is 11.3 Å². The van der Waals surface area contributed by atoms with Crippen LogP contribution >= 0.6 is 0 Å². The van der Waals surface area contributed by atoms with E-state index < -0.39 is 0 Å². The number of aliphatic hydroxyl groups excluding tert-OH is 1. The van der Waals surface area contributed by atoms with Gasteiger partial charge in [-0.1, -0.05) is 13.8 Å². The Hall–Kier alpha value is -1.82. The second-order valence-electron chi connectivity index (χ2n) is 8.25. The molecule has 0 bridgehead atoms. The summed E-state index contributed by atoms with van der Waals surface area (Å²) >= 11 is 0. The molecule has 0 saturated carbocycles. The molecule has 1 aromatic rings. The molecule has 144 valence electrons. The molecule has 0 aromatic carbocycles. The molecule has 2 aliphatic heterocycles. The van der Waals surface area contributed by atoms with Gasteiger partial charge < -0.3 is 19.3 Å². The van der Waals surface area contributed by atoms with Crippen molar-refractivity contribution in [2.75, 3.05) is 26.2 Å². The first-order valence-electron chi connectivity index (χ1n) is 9.69. The molecule has 1 spiro atoms. The van der Waals surface area contributed by atoms with Gasteiger partial charge in [-0.05, 0) is 43.7 Å². The maximum absolute atomic E-state index is 12.8. The minimum atomic E-state index is -0.204. The van der Waals surface area contributed by atoms with E-state index in [0.29, 0.717) is 24.6 Å². The minimum absolute atomic E-state index is 0.00516. The lowest BCUT2D eigenvalue weighted by Gasteiger charge is -2.48. The lowest BCUT2D eigenvalue weighted by molar-refractivity contribution is -0.139. The average Bonchev–Trinajstić information content (AvgIpc) is 3.11. The molecule has 2 amide bonds. The van der Waals surface area contributed by atoms with E-state index in [2.05, 4.69) is 13.8 Å². The highest BCUT2D eigenvalue weighted by Gasteiger charge is 2.43. The fourth-order valence-electron chi connectivity index (χ4n) is 4.17. The van der Waals surface area contributed by atoms with Gasteiger partial charge in [0.2, 0.25) is 5.91 Å². The van der Waals surface area contributed by atoms with Crippen molar-refractivity contribution < 1.29 is 19.1 Å². The monoisotopic (exact) mass is 362 g/mol. The second-order valence-corrected chi connectivity index (χ2v) is 8.25. The third kappa shape index (κ3) is 4.11. The highest BCUT2D eigenvalue weighted by molar-refractivity contribution is 5.91. The van der Waals surface area contributed by atoms with Gasteiger partial charge in [0.25, 0.3) is 5.91 Å². The Labute approximate surface area is 155 Å². The molecular formula is C20H30N2O4. The molecule has 1 aromatic heterocycles. The van der Waals surface area contributed by atoms with Crippen LogP contribution in [-0.2, 0) is 11.4 Å². The van der Waals surface area contributed by atoms with E-state index in [0.717, 1.165) is 45.3 Å². The third-order valence-electron chi connectivity index (χ3n) is 5.70. The van der Waals surface area contributed by atoms with Gasteiger partial charge in [0.1, 0.15) is 12.4 Å². The number of amides is 2. The molecule has 2 saturated heterocycles. The number of rotatable bonds is 5. The van der Waals surface area contributed by atoms with Crippen LogP contribution in [-0.4, -0.2) is 52.9 Å². The Bertz CT molecular complexity index is 654. The first kappa shape index (κ1) is 19.0. The van der Waals surface area contributed by atoms with E-state index in [-0.39, 0.29) is 29.6 Å². The zero-order chi connectivity index (χ0) is 18.7. The topological polar surface area (TPSA) is 74.0 Å². The summed E-state index contributed by atoms with van der Waals surface area (Å²) in [5.74, 6) is 1.40. The summed E-state index contributed by atoms with van der Waals surface area (Å²) < 4.78 is 5.42. The van der Waals surface area contributed by atoms with Crippen LogP contribution in [0.15, 0.2) is 16.5 Å². The SMILES string of the molecule is CC(C)CCN1C[C@]2(CCCN(C(=O)c3ccc(CO)o3)C2)CCC1=O. The zero-order valence-electron chi connectivity index (χ0n) is 15.9. The van der Waals surface area contributed by atoms with Crippen molar-refractivity contribution in [3.63, 3.8) is 0 Å². The summed E-state index contributed by atoms with van der Waals surface area (Å²) in [6, 6.07) is 3.27. The molecule has 3 heterocycles. The number of carbonyl (C=O) groups excluding carboxylic acids is 2. The van der Waals surface area contributed by atoms with Gasteiger partial charge in [0.05, 0.1) is 0 Å². The Morgan fingerprint density at radius 2 is 2.12 bits per heavy atom. The van der Waals surface area contributed by atoms with E-state index in [9.17, 15) is 9.59 Å². The van der Waals surface area contributed by atoms with E-state index in [1.165, 1.54) is 0 Å². The van der Waals surface area contributed by atoms with Crippen LogP contribution in [0.5, 0.6) is 0 Å². The van der Waals surface area contributed by atoms with E-state index >= 15 is 0 Å². The second kappa shape index (κ2) is 7.82. The van der Waals surface area contributed by atoms with E-state index in [1.54, 1.807) is 12.1 Å². The number of aliphatic hydroxyl groups is 1. The molecule has 1 atom stereocenters. The van der Waals surface area contributed by atoms with Gasteiger partial charge in [0, 0.05) is 38.0 Å². The lowest BCUT2D eigenvalue weighted by Crippen LogP contribution is -2.55. The number of likely N-dealkylation sites (tertiary alicyclic amines) is 2. The van der Waals surface area contributed by atoms with E-state index in [4.69, 9.17) is 9.52 Å². The molecule has 0 radical (unpaired) electrons. The Morgan fingerprint density at radius 3 is 2.81 bits per heavy atom. The van der Waals surface area contributed by atoms with Crippen LogP contribution in [0.4, 0.5) is 0 Å². The number of carbonyl (C=O) groups is 2. The standard InChI is InChI=1S/C20H30N2O4/c1-15(2)7-11-21-13-20(9-6-18(21)24)8-3-10-22(14-20)19(25)17-5-4-16(12-23)26-17/h4-5,15,23H,3,6-14H2,1-2H3/t20-/m0/s1. The minimum Gasteiger partial charge on any atom is -0.453 e. The van der Waals surface area contributed by atoms with Gasteiger partial charge >= 0.3 is 0 Å². The highest BCUT2D eigenvalue weighted by atomic mass is 16.4. The molecule has 6 nitrogen and oxygen atoms in total. The van der Waals surface area contributed by atoms with Crippen molar-refractivity contribution in [1.82, 2.24) is 9.80 Å². The molecule has 26 heavy (non-hydrogen) atoms. The normalized spacial score (nSPS) is 23.9. The van der Waals surface area contributed by atoms with Gasteiger partial charge in [-0.3, -0.25) is 9.59 Å². The predicted octanol–water partition coefficient (Wildman–Crippen LogP) is 2.66. The Kier molecular flexibility index (Phi) is 5.70. The highest BCUT2D eigenvalue weighted by Crippen LogP contribution is 2.39. The summed E-state index contributed by atoms with van der Waals surface area (Å²) in [7, 11) is 0. The van der Waals surface area contributed by atoms with Gasteiger partial charge in [-0.15, -0.1) is 0 Å². The molecule has 0 unspecified atom stereocenters. The van der Waals surface area contributed by atoms with Gasteiger partial charge in [0.15, 0.2) is 5.76 Å². The van der Waals surface area contributed by atoms with Crippen LogP contribution < -0.4 is 0 Å². The van der Waals surface area contributed by atoms with Crippen LogP contribution in [0, 0.1) is 11.3 Å². The van der Waals surface area contributed by atoms with Crippen molar-refractivity contribution >= 4 is 11.8 Å². The van der Waals surface area contributed by atoms with Gasteiger partial charge in [-0.25, -0.2) is 0 Å².